The SMILES string of the molecule is C=CCn1c(=O)c2ccccc2n2c(SC(C)c3nnc(C)o3)nnc12. The Morgan fingerprint density at radius 1 is 1.27 bits per heavy atom. The number of aromatic nitrogens is 6. The lowest BCUT2D eigenvalue weighted by atomic mass is 10.2. The maximum Gasteiger partial charge on any atom is 0.263 e. The number of hydrogen-bond donors (Lipinski definition) is 0. The van der Waals surface area contributed by atoms with Crippen LogP contribution >= 0.6 is 11.8 Å². The third-order valence-corrected chi connectivity index (χ3v) is 4.99. The van der Waals surface area contributed by atoms with Crippen molar-refractivity contribution in [3.05, 3.63) is 59.1 Å². The molecular weight excluding hydrogens is 352 g/mol. The monoisotopic (exact) mass is 368 g/mol. The maximum absolute atomic E-state index is 12.8. The molecule has 8 nitrogen and oxygen atoms in total. The largest absolute Gasteiger partial charge is 0.424 e. The molecule has 3 heterocycles. The third kappa shape index (κ3) is 2.60. The van der Waals surface area contributed by atoms with Crippen molar-refractivity contribution in [2.24, 2.45) is 0 Å². The van der Waals surface area contributed by atoms with E-state index in [1.165, 1.54) is 11.8 Å². The predicted octanol–water partition coefficient (Wildman–Crippen LogP) is 2.77. The van der Waals surface area contributed by atoms with Crippen molar-refractivity contribution in [1.82, 2.24) is 29.4 Å². The fourth-order valence-electron chi connectivity index (χ4n) is 2.79. The van der Waals surface area contributed by atoms with Gasteiger partial charge in [0.25, 0.3) is 5.56 Å². The number of fused-ring (bicyclic) bond motifs is 3. The molecule has 0 bridgehead atoms. The molecule has 0 N–H and O–H groups in total. The van der Waals surface area contributed by atoms with Crippen LogP contribution < -0.4 is 5.56 Å². The van der Waals surface area contributed by atoms with Gasteiger partial charge in [0.05, 0.1) is 16.2 Å². The number of thioether (sulfide) groups is 1. The van der Waals surface area contributed by atoms with Crippen LogP contribution in [0.1, 0.15) is 24.0 Å². The maximum atomic E-state index is 12.8. The quantitative estimate of drug-likeness (QED) is 0.395. The van der Waals surface area contributed by atoms with Gasteiger partial charge in [-0.05, 0) is 19.1 Å². The van der Waals surface area contributed by atoms with E-state index in [0.29, 0.717) is 34.6 Å². The molecule has 0 saturated heterocycles. The van der Waals surface area contributed by atoms with E-state index in [2.05, 4.69) is 27.0 Å². The van der Waals surface area contributed by atoms with Crippen LogP contribution in [0.3, 0.4) is 0 Å². The Hall–Kier alpha value is -2.94. The van der Waals surface area contributed by atoms with E-state index < -0.39 is 0 Å². The number of para-hydroxylation sites is 1. The molecule has 26 heavy (non-hydrogen) atoms. The average molecular weight is 368 g/mol. The summed E-state index contributed by atoms with van der Waals surface area (Å²) in [5, 5.41) is 17.6. The van der Waals surface area contributed by atoms with Gasteiger partial charge in [0.1, 0.15) is 0 Å². The van der Waals surface area contributed by atoms with Crippen molar-refractivity contribution in [3.63, 3.8) is 0 Å². The van der Waals surface area contributed by atoms with E-state index in [9.17, 15) is 4.79 Å². The molecule has 1 unspecified atom stereocenters. The Labute approximate surface area is 152 Å². The van der Waals surface area contributed by atoms with Crippen molar-refractivity contribution in [2.45, 2.75) is 30.8 Å². The summed E-state index contributed by atoms with van der Waals surface area (Å²) in [6.07, 6.45) is 1.67. The molecule has 0 radical (unpaired) electrons. The average Bonchev–Trinajstić information content (AvgIpc) is 3.25. The van der Waals surface area contributed by atoms with Gasteiger partial charge in [-0.25, -0.2) is 0 Å². The molecule has 0 amide bonds. The van der Waals surface area contributed by atoms with Crippen molar-refractivity contribution < 1.29 is 4.42 Å². The number of rotatable bonds is 5. The summed E-state index contributed by atoms with van der Waals surface area (Å²) in [7, 11) is 0. The molecule has 132 valence electrons. The van der Waals surface area contributed by atoms with Crippen LogP contribution in [0.15, 0.2) is 51.3 Å². The first-order valence-corrected chi connectivity index (χ1v) is 8.92. The number of aryl methyl sites for hydroxylation is 1. The van der Waals surface area contributed by atoms with Crippen LogP contribution in [0.4, 0.5) is 0 Å². The Bertz CT molecular complexity index is 1180. The Balaban J connectivity index is 1.91. The van der Waals surface area contributed by atoms with Gasteiger partial charge >= 0.3 is 0 Å². The van der Waals surface area contributed by atoms with E-state index >= 15 is 0 Å². The molecule has 1 atom stereocenters. The molecule has 0 spiro atoms. The minimum atomic E-state index is -0.113. The lowest BCUT2D eigenvalue weighted by Gasteiger charge is -2.10. The van der Waals surface area contributed by atoms with Gasteiger partial charge in [0.2, 0.25) is 17.6 Å². The second kappa shape index (κ2) is 6.41. The standard InChI is InChI=1S/C17H16N6O2S/c1-4-9-22-15(24)12-7-5-6-8-13(12)23-16(22)20-21-17(23)26-10(2)14-19-18-11(3)25-14/h4-8,10H,1,9H2,2-3H3. The topological polar surface area (TPSA) is 91.1 Å². The molecular formula is C17H16N6O2S. The zero-order chi connectivity index (χ0) is 18.3. The van der Waals surface area contributed by atoms with Crippen molar-refractivity contribution in [1.29, 1.82) is 0 Å². The smallest absolute Gasteiger partial charge is 0.263 e. The lowest BCUT2D eigenvalue weighted by Crippen LogP contribution is -2.22. The fourth-order valence-corrected chi connectivity index (χ4v) is 3.67. The molecule has 3 aromatic heterocycles. The second-order valence-electron chi connectivity index (χ2n) is 5.76. The summed E-state index contributed by atoms with van der Waals surface area (Å²) >= 11 is 1.45. The number of allylic oxidation sites excluding steroid dienone is 1. The van der Waals surface area contributed by atoms with Crippen LogP contribution in [0.25, 0.3) is 16.7 Å². The highest BCUT2D eigenvalue weighted by Gasteiger charge is 2.21. The molecule has 4 aromatic rings. The van der Waals surface area contributed by atoms with Crippen LogP contribution in [-0.4, -0.2) is 29.4 Å². The molecule has 0 aliphatic rings. The molecule has 9 heteroatoms. The first-order valence-electron chi connectivity index (χ1n) is 8.04. The van der Waals surface area contributed by atoms with Gasteiger partial charge in [-0.3, -0.25) is 13.8 Å². The van der Waals surface area contributed by atoms with Gasteiger partial charge in [0.15, 0.2) is 5.16 Å². The summed E-state index contributed by atoms with van der Waals surface area (Å²) in [6.45, 7) is 7.80. The third-order valence-electron chi connectivity index (χ3n) is 3.96. The summed E-state index contributed by atoms with van der Waals surface area (Å²) in [4.78, 5) is 12.8. The summed E-state index contributed by atoms with van der Waals surface area (Å²) < 4.78 is 8.95. The fraction of sp³-hybridized carbons (Fsp3) is 0.235. The lowest BCUT2D eigenvalue weighted by molar-refractivity contribution is 0.470. The second-order valence-corrected chi connectivity index (χ2v) is 7.07. The molecule has 4 rings (SSSR count). The van der Waals surface area contributed by atoms with Gasteiger partial charge in [-0.1, -0.05) is 30.0 Å². The predicted molar refractivity (Wildman–Crippen MR) is 98.3 cm³/mol. The molecule has 0 aliphatic carbocycles. The van der Waals surface area contributed by atoms with E-state index in [0.717, 1.165) is 5.52 Å². The Kier molecular flexibility index (Phi) is 4.08. The number of benzene rings is 1. The minimum Gasteiger partial charge on any atom is -0.424 e. The summed E-state index contributed by atoms with van der Waals surface area (Å²) in [5.74, 6) is 1.52. The van der Waals surface area contributed by atoms with E-state index in [1.807, 2.05) is 29.5 Å². The van der Waals surface area contributed by atoms with Crippen molar-refractivity contribution >= 4 is 28.4 Å². The van der Waals surface area contributed by atoms with Crippen LogP contribution in [0.2, 0.25) is 0 Å². The minimum absolute atomic E-state index is 0.109. The van der Waals surface area contributed by atoms with E-state index in [1.54, 1.807) is 23.6 Å². The molecule has 0 fully saturated rings. The van der Waals surface area contributed by atoms with Gasteiger partial charge in [-0.15, -0.1) is 27.0 Å². The summed E-state index contributed by atoms with van der Waals surface area (Å²) in [5.41, 5.74) is 0.645. The normalized spacial score (nSPS) is 12.7. The Morgan fingerprint density at radius 2 is 2.08 bits per heavy atom. The Morgan fingerprint density at radius 3 is 2.81 bits per heavy atom. The molecule has 1 aromatic carbocycles. The van der Waals surface area contributed by atoms with Crippen molar-refractivity contribution in [3.8, 4) is 0 Å². The molecule has 0 saturated carbocycles. The number of nitrogens with zero attached hydrogens (tertiary/aromatic N) is 6. The van der Waals surface area contributed by atoms with Crippen LogP contribution in [0.5, 0.6) is 0 Å². The zero-order valence-electron chi connectivity index (χ0n) is 14.3. The zero-order valence-corrected chi connectivity index (χ0v) is 15.1. The highest BCUT2D eigenvalue weighted by Crippen LogP contribution is 2.33. The van der Waals surface area contributed by atoms with Gasteiger partial charge in [0, 0.05) is 13.5 Å². The molecule has 0 aliphatic heterocycles. The van der Waals surface area contributed by atoms with E-state index in [4.69, 9.17) is 4.42 Å². The van der Waals surface area contributed by atoms with E-state index in [-0.39, 0.29) is 10.8 Å². The van der Waals surface area contributed by atoms with Gasteiger partial charge < -0.3 is 4.42 Å². The first-order chi connectivity index (χ1) is 12.6. The van der Waals surface area contributed by atoms with Crippen LogP contribution in [0, 0.1) is 6.92 Å². The van der Waals surface area contributed by atoms with Crippen molar-refractivity contribution in [2.75, 3.05) is 0 Å². The highest BCUT2D eigenvalue weighted by atomic mass is 32.2. The van der Waals surface area contributed by atoms with Crippen LogP contribution in [-0.2, 0) is 6.54 Å². The highest BCUT2D eigenvalue weighted by molar-refractivity contribution is 7.99. The number of hydrogen-bond acceptors (Lipinski definition) is 7. The van der Waals surface area contributed by atoms with Gasteiger partial charge in [-0.2, -0.15) is 0 Å². The summed E-state index contributed by atoms with van der Waals surface area (Å²) in [6, 6.07) is 7.42. The first kappa shape index (κ1) is 16.5.